The van der Waals surface area contributed by atoms with Crippen molar-refractivity contribution in [2.24, 2.45) is 5.92 Å². The third-order valence-electron chi connectivity index (χ3n) is 9.14. The van der Waals surface area contributed by atoms with Gasteiger partial charge >= 0.3 is 0 Å². The molecule has 1 unspecified atom stereocenters. The van der Waals surface area contributed by atoms with Crippen molar-refractivity contribution in [1.29, 1.82) is 10.8 Å². The van der Waals surface area contributed by atoms with Gasteiger partial charge in [0.2, 0.25) is 0 Å². The number of benzene rings is 5. The van der Waals surface area contributed by atoms with Gasteiger partial charge in [-0.25, -0.2) is 0 Å². The van der Waals surface area contributed by atoms with Crippen LogP contribution in [0.15, 0.2) is 139 Å². The molecular weight excluding hydrogens is 557 g/mol. The second kappa shape index (κ2) is 10.4. The normalized spacial score (nSPS) is 19.1. The second-order valence-electron chi connectivity index (χ2n) is 11.7. The summed E-state index contributed by atoms with van der Waals surface area (Å²) >= 11 is 1.17. The van der Waals surface area contributed by atoms with Gasteiger partial charge < -0.3 is 4.74 Å². The largest absolute Gasteiger partial charge is 0.456 e. The average molecular weight is 587 g/mol. The zero-order valence-corrected chi connectivity index (χ0v) is 25.1. The first kappa shape index (κ1) is 26.7. The van der Waals surface area contributed by atoms with E-state index < -0.39 is 5.41 Å². The van der Waals surface area contributed by atoms with Crippen LogP contribution in [0.3, 0.4) is 0 Å². The molecule has 0 amide bonds. The topological polar surface area (TPSA) is 56.9 Å². The Balaban J connectivity index is 1.24. The second-order valence-corrected chi connectivity index (χ2v) is 12.7. The minimum absolute atomic E-state index is 0.353. The fourth-order valence-electron chi connectivity index (χ4n) is 7.19. The molecule has 1 heterocycles. The molecule has 0 saturated heterocycles. The van der Waals surface area contributed by atoms with Crippen molar-refractivity contribution in [3.63, 3.8) is 0 Å². The molecule has 0 saturated carbocycles. The van der Waals surface area contributed by atoms with Gasteiger partial charge in [0.25, 0.3) is 0 Å². The minimum atomic E-state index is -0.429. The zero-order chi connectivity index (χ0) is 29.8. The van der Waals surface area contributed by atoms with Crippen LogP contribution in [-0.2, 0) is 5.41 Å². The highest BCUT2D eigenvalue weighted by atomic mass is 32.2. The van der Waals surface area contributed by atoms with E-state index in [1.54, 1.807) is 0 Å². The van der Waals surface area contributed by atoms with Crippen molar-refractivity contribution in [3.8, 4) is 22.6 Å². The van der Waals surface area contributed by atoms with Gasteiger partial charge in [0.15, 0.2) is 0 Å². The predicted molar refractivity (Wildman–Crippen MR) is 182 cm³/mol. The maximum Gasteiger partial charge on any atom is 0.140 e. The molecule has 212 valence electrons. The van der Waals surface area contributed by atoms with Crippen molar-refractivity contribution in [1.82, 2.24) is 0 Å². The number of ether oxygens (including phenoxy) is 1. The molecule has 3 nitrogen and oxygen atoms in total. The maximum atomic E-state index is 8.68. The summed E-state index contributed by atoms with van der Waals surface area (Å²) in [6.45, 7) is 2.30. The van der Waals surface area contributed by atoms with Gasteiger partial charge in [-0.05, 0) is 46.2 Å². The number of fused-ring (bicyclic) bond motifs is 8. The fourth-order valence-corrected chi connectivity index (χ4v) is 7.90. The fraction of sp³-hybridized carbons (Fsp3) is 0.100. The molecule has 5 aromatic rings. The Morgan fingerprint density at radius 3 is 2.11 bits per heavy atom. The molecule has 5 aromatic carbocycles. The summed E-state index contributed by atoms with van der Waals surface area (Å²) in [5.41, 5.74) is 11.0. The summed E-state index contributed by atoms with van der Waals surface area (Å²) in [5.74, 6) is 2.23. The lowest BCUT2D eigenvalue weighted by Gasteiger charge is -2.42. The number of allylic oxidation sites excluding steroid dienone is 4. The molecule has 2 aliphatic carbocycles. The van der Waals surface area contributed by atoms with E-state index in [-0.39, 0.29) is 0 Å². The molecule has 2 atom stereocenters. The highest BCUT2D eigenvalue weighted by Crippen LogP contribution is 2.64. The van der Waals surface area contributed by atoms with Crippen molar-refractivity contribution in [3.05, 3.63) is 172 Å². The molecular formula is C40H30N2OS. The van der Waals surface area contributed by atoms with Gasteiger partial charge in [0.05, 0.1) is 5.41 Å². The molecule has 3 aliphatic rings. The SMILES string of the molecule is C[C@@H]1C=CC2=C(C1)C1(c3ccccc3Oc3c(-c4ccc(C(=N)SC(=N)c5ccccc5)cc4)cccc31)c1ccccc12. The van der Waals surface area contributed by atoms with Crippen LogP contribution < -0.4 is 4.74 Å². The summed E-state index contributed by atoms with van der Waals surface area (Å²) in [6, 6.07) is 41.6. The summed E-state index contributed by atoms with van der Waals surface area (Å²) in [4.78, 5) is 0. The maximum absolute atomic E-state index is 8.68. The Bertz CT molecular complexity index is 2040. The van der Waals surface area contributed by atoms with E-state index >= 15 is 0 Å². The first-order valence-corrected chi connectivity index (χ1v) is 15.8. The molecule has 1 aliphatic heterocycles. The monoisotopic (exact) mass is 586 g/mol. The van der Waals surface area contributed by atoms with Crippen molar-refractivity contribution >= 4 is 27.4 Å². The van der Waals surface area contributed by atoms with E-state index in [0.717, 1.165) is 40.2 Å². The van der Waals surface area contributed by atoms with E-state index in [0.29, 0.717) is 16.0 Å². The first-order chi connectivity index (χ1) is 21.6. The summed E-state index contributed by atoms with van der Waals surface area (Å²) < 4.78 is 6.84. The smallest absolute Gasteiger partial charge is 0.140 e. The first-order valence-electron chi connectivity index (χ1n) is 15.0. The van der Waals surface area contributed by atoms with Gasteiger partial charge in [-0.2, -0.15) is 0 Å². The predicted octanol–water partition coefficient (Wildman–Crippen LogP) is 10.2. The van der Waals surface area contributed by atoms with Crippen LogP contribution in [0.1, 0.15) is 46.7 Å². The summed E-state index contributed by atoms with van der Waals surface area (Å²) in [7, 11) is 0. The van der Waals surface area contributed by atoms with Crippen LogP contribution in [0.2, 0.25) is 0 Å². The molecule has 0 radical (unpaired) electrons. The van der Waals surface area contributed by atoms with Gasteiger partial charge in [0, 0.05) is 27.8 Å². The van der Waals surface area contributed by atoms with Crippen molar-refractivity contribution < 1.29 is 4.74 Å². The number of rotatable bonds is 3. The summed E-state index contributed by atoms with van der Waals surface area (Å²) in [6.07, 6.45) is 5.67. The van der Waals surface area contributed by atoms with E-state index in [1.165, 1.54) is 45.2 Å². The van der Waals surface area contributed by atoms with E-state index in [1.807, 2.05) is 42.5 Å². The van der Waals surface area contributed by atoms with Crippen LogP contribution in [0.25, 0.3) is 16.7 Å². The molecule has 1 spiro atoms. The van der Waals surface area contributed by atoms with Crippen LogP contribution >= 0.6 is 11.8 Å². The Labute approximate surface area is 262 Å². The van der Waals surface area contributed by atoms with Crippen LogP contribution in [-0.4, -0.2) is 10.1 Å². The molecule has 0 fully saturated rings. The minimum Gasteiger partial charge on any atom is -0.456 e. The highest BCUT2D eigenvalue weighted by Gasteiger charge is 2.52. The lowest BCUT2D eigenvalue weighted by molar-refractivity contribution is 0.431. The Morgan fingerprint density at radius 2 is 1.32 bits per heavy atom. The van der Waals surface area contributed by atoms with Crippen molar-refractivity contribution in [2.45, 2.75) is 18.8 Å². The lowest BCUT2D eigenvalue weighted by atomic mass is 9.63. The van der Waals surface area contributed by atoms with Crippen LogP contribution in [0.4, 0.5) is 0 Å². The van der Waals surface area contributed by atoms with E-state index in [9.17, 15) is 0 Å². The summed E-state index contributed by atoms with van der Waals surface area (Å²) in [5, 5.41) is 17.9. The third-order valence-corrected chi connectivity index (χ3v) is 10.0. The van der Waals surface area contributed by atoms with Gasteiger partial charge in [-0.3, -0.25) is 10.8 Å². The molecule has 8 rings (SSSR count). The Hall–Kier alpha value is -4.93. The number of hydrogen-bond acceptors (Lipinski definition) is 4. The molecule has 0 bridgehead atoms. The number of para-hydroxylation sites is 2. The lowest BCUT2D eigenvalue weighted by Crippen LogP contribution is -2.34. The number of thioether (sulfide) groups is 1. The molecule has 44 heavy (non-hydrogen) atoms. The molecule has 4 heteroatoms. The number of hydrogen-bond donors (Lipinski definition) is 2. The third kappa shape index (κ3) is 3.98. The van der Waals surface area contributed by atoms with E-state index in [2.05, 4.69) is 97.9 Å². The van der Waals surface area contributed by atoms with E-state index in [4.69, 9.17) is 15.6 Å². The van der Waals surface area contributed by atoms with Gasteiger partial charge in [-0.15, -0.1) is 0 Å². The zero-order valence-electron chi connectivity index (χ0n) is 24.3. The molecule has 2 N–H and O–H groups in total. The average Bonchev–Trinajstić information content (AvgIpc) is 3.35. The standard InChI is InChI=1S/C40H30N2OS/c1-25-18-23-31-30-12-5-6-14-32(30)40(35(31)24-25)33-15-7-8-17-36(33)43-37-29(13-9-16-34(37)40)26-19-21-28(22-20-26)39(42)44-38(41)27-10-3-2-4-11-27/h2-23,25,41-42H,24H2,1H3/t25-,40?/m1/s1. The highest BCUT2D eigenvalue weighted by molar-refractivity contribution is 8.27. The van der Waals surface area contributed by atoms with Crippen molar-refractivity contribution in [2.75, 3.05) is 0 Å². The van der Waals surface area contributed by atoms with Crippen LogP contribution in [0.5, 0.6) is 11.5 Å². The van der Waals surface area contributed by atoms with Crippen LogP contribution in [0, 0.1) is 16.7 Å². The Kier molecular flexibility index (Phi) is 6.28. The quantitative estimate of drug-likeness (QED) is 0.163. The van der Waals surface area contributed by atoms with Gasteiger partial charge in [-0.1, -0.05) is 146 Å². The Morgan fingerprint density at radius 1 is 0.682 bits per heavy atom. The van der Waals surface area contributed by atoms with Gasteiger partial charge in [0.1, 0.15) is 21.6 Å². The molecule has 0 aromatic heterocycles. The number of nitrogens with one attached hydrogen (secondary N) is 2.